The Labute approximate surface area is 226 Å². The van der Waals surface area contributed by atoms with Crippen molar-refractivity contribution in [1.82, 2.24) is 19.8 Å². The highest BCUT2D eigenvalue weighted by atomic mass is 16.6. The van der Waals surface area contributed by atoms with E-state index in [0.29, 0.717) is 17.9 Å². The van der Waals surface area contributed by atoms with Crippen LogP contribution in [0.4, 0.5) is 22.4 Å². The lowest BCUT2D eigenvalue weighted by Crippen LogP contribution is -2.45. The van der Waals surface area contributed by atoms with Crippen molar-refractivity contribution >= 4 is 23.7 Å². The molecule has 0 aliphatic carbocycles. The number of carbonyl (C=O) groups excluding carboxylic acids is 1. The first kappa shape index (κ1) is 26.5. The number of hydrogen-bond acceptors (Lipinski definition) is 8. The Morgan fingerprint density at radius 1 is 0.974 bits per heavy atom. The number of nitrogens with zero attached hydrogens (tertiary/aromatic N) is 6. The van der Waals surface area contributed by atoms with E-state index in [2.05, 4.69) is 62.9 Å². The maximum Gasteiger partial charge on any atom is 0.410 e. The zero-order valence-corrected chi connectivity index (χ0v) is 23.6. The van der Waals surface area contributed by atoms with Gasteiger partial charge in [0.2, 0.25) is 5.95 Å². The average molecular weight is 522 g/mol. The van der Waals surface area contributed by atoms with Gasteiger partial charge in [-0.2, -0.15) is 9.97 Å². The number of aromatic nitrogens is 2. The Hall–Kier alpha value is -3.07. The van der Waals surface area contributed by atoms with Gasteiger partial charge < -0.3 is 30.1 Å². The molecule has 5 rings (SSSR count). The molecule has 206 valence electrons. The van der Waals surface area contributed by atoms with E-state index in [9.17, 15) is 4.79 Å². The summed E-state index contributed by atoms with van der Waals surface area (Å²) in [7, 11) is 2.16. The Balaban J connectivity index is 1.29. The van der Waals surface area contributed by atoms with Crippen LogP contribution in [0.25, 0.3) is 0 Å². The number of piperazine rings is 1. The standard InChI is InChI=1S/C29H43N7O2/c1-20-16-22-6-7-23(21-8-10-35(11-9-21)28(37)38-29(2,3)4)17-24(22)19-36(20)26-18-25(31-27(30)32-26)34-14-12-33(5)13-15-34/h6-7,17-18,20-21H,8-16,19H2,1-5H3,(H2,30,31,32). The van der Waals surface area contributed by atoms with Crippen LogP contribution in [-0.4, -0.2) is 83.8 Å². The second-order valence-electron chi connectivity index (χ2n) is 12.2. The molecule has 0 spiro atoms. The van der Waals surface area contributed by atoms with Crippen molar-refractivity contribution < 1.29 is 9.53 Å². The van der Waals surface area contributed by atoms with Gasteiger partial charge in [0.1, 0.15) is 17.2 Å². The van der Waals surface area contributed by atoms with Crippen LogP contribution in [0.2, 0.25) is 0 Å². The van der Waals surface area contributed by atoms with Crippen LogP contribution < -0.4 is 15.5 Å². The predicted molar refractivity (Wildman–Crippen MR) is 152 cm³/mol. The molecule has 2 fully saturated rings. The fourth-order valence-corrected chi connectivity index (χ4v) is 5.83. The monoisotopic (exact) mass is 521 g/mol. The van der Waals surface area contributed by atoms with Crippen molar-refractivity contribution in [3.8, 4) is 0 Å². The summed E-state index contributed by atoms with van der Waals surface area (Å²) in [6.45, 7) is 14.2. The van der Waals surface area contributed by atoms with E-state index in [4.69, 9.17) is 10.5 Å². The van der Waals surface area contributed by atoms with Crippen molar-refractivity contribution in [2.45, 2.75) is 71.1 Å². The number of ether oxygens (including phenoxy) is 1. The predicted octanol–water partition coefficient (Wildman–Crippen LogP) is 3.88. The first-order chi connectivity index (χ1) is 18.1. The number of benzene rings is 1. The average Bonchev–Trinajstić information content (AvgIpc) is 2.87. The maximum atomic E-state index is 12.5. The molecule has 3 aliphatic rings. The van der Waals surface area contributed by atoms with Crippen LogP contribution in [-0.2, 0) is 17.7 Å². The molecule has 0 saturated carbocycles. The largest absolute Gasteiger partial charge is 0.444 e. The smallest absolute Gasteiger partial charge is 0.410 e. The molecule has 1 unspecified atom stereocenters. The number of anilines is 3. The van der Waals surface area contributed by atoms with Gasteiger partial charge in [-0.05, 0) is 76.6 Å². The molecular formula is C29H43N7O2. The van der Waals surface area contributed by atoms with Gasteiger partial charge in [-0.15, -0.1) is 0 Å². The van der Waals surface area contributed by atoms with Gasteiger partial charge in [0, 0.05) is 57.9 Å². The lowest BCUT2D eigenvalue weighted by Gasteiger charge is -2.38. The summed E-state index contributed by atoms with van der Waals surface area (Å²) in [5, 5.41) is 0. The molecule has 1 aromatic carbocycles. The zero-order chi connectivity index (χ0) is 27.0. The number of rotatable bonds is 3. The Kier molecular flexibility index (Phi) is 7.40. The van der Waals surface area contributed by atoms with E-state index in [-0.39, 0.29) is 6.09 Å². The highest BCUT2D eigenvalue weighted by molar-refractivity contribution is 5.68. The van der Waals surface area contributed by atoms with Crippen LogP contribution in [0.1, 0.15) is 63.1 Å². The number of piperidine rings is 1. The Morgan fingerprint density at radius 3 is 2.34 bits per heavy atom. The third-order valence-corrected chi connectivity index (χ3v) is 8.07. The van der Waals surface area contributed by atoms with E-state index < -0.39 is 5.60 Å². The number of amides is 1. The highest BCUT2D eigenvalue weighted by Gasteiger charge is 2.30. The molecule has 0 bridgehead atoms. The third kappa shape index (κ3) is 5.98. The number of nitrogens with two attached hydrogens (primary N) is 1. The van der Waals surface area contributed by atoms with Crippen molar-refractivity contribution in [3.05, 3.63) is 41.0 Å². The zero-order valence-electron chi connectivity index (χ0n) is 23.6. The van der Waals surface area contributed by atoms with Crippen LogP contribution in [0.3, 0.4) is 0 Å². The van der Waals surface area contributed by atoms with E-state index in [0.717, 1.165) is 76.7 Å². The normalized spacial score (nSPS) is 21.4. The quantitative estimate of drug-likeness (QED) is 0.651. The molecule has 0 radical (unpaired) electrons. The van der Waals surface area contributed by atoms with Gasteiger partial charge in [0.05, 0.1) is 0 Å². The van der Waals surface area contributed by atoms with Crippen LogP contribution in [0.5, 0.6) is 0 Å². The molecule has 4 heterocycles. The number of nitrogen functional groups attached to an aromatic ring is 1. The molecule has 1 amide bonds. The number of likely N-dealkylation sites (tertiary alicyclic amines) is 1. The third-order valence-electron chi connectivity index (χ3n) is 8.07. The summed E-state index contributed by atoms with van der Waals surface area (Å²) in [4.78, 5) is 30.6. The van der Waals surface area contributed by atoms with Crippen LogP contribution in [0, 0.1) is 0 Å². The number of likely N-dealkylation sites (N-methyl/N-ethyl adjacent to an activating group) is 1. The lowest BCUT2D eigenvalue weighted by atomic mass is 9.85. The summed E-state index contributed by atoms with van der Waals surface area (Å²) in [5.41, 5.74) is 9.87. The lowest BCUT2D eigenvalue weighted by molar-refractivity contribution is 0.0205. The van der Waals surface area contributed by atoms with E-state index in [1.54, 1.807) is 0 Å². The van der Waals surface area contributed by atoms with Crippen molar-refractivity contribution in [2.75, 3.05) is 61.8 Å². The fraction of sp³-hybridized carbons (Fsp3) is 0.621. The van der Waals surface area contributed by atoms with E-state index in [1.807, 2.05) is 25.7 Å². The minimum Gasteiger partial charge on any atom is -0.444 e. The number of hydrogen-bond donors (Lipinski definition) is 1. The van der Waals surface area contributed by atoms with Gasteiger partial charge >= 0.3 is 6.09 Å². The van der Waals surface area contributed by atoms with Crippen LogP contribution in [0.15, 0.2) is 24.3 Å². The molecule has 3 aliphatic heterocycles. The van der Waals surface area contributed by atoms with Gasteiger partial charge in [-0.1, -0.05) is 18.2 Å². The molecule has 38 heavy (non-hydrogen) atoms. The van der Waals surface area contributed by atoms with Crippen molar-refractivity contribution in [3.63, 3.8) is 0 Å². The molecular weight excluding hydrogens is 478 g/mol. The summed E-state index contributed by atoms with van der Waals surface area (Å²) >= 11 is 0. The summed E-state index contributed by atoms with van der Waals surface area (Å²) in [5.74, 6) is 2.61. The van der Waals surface area contributed by atoms with Gasteiger partial charge in [0.15, 0.2) is 0 Å². The minimum atomic E-state index is -0.463. The SMILES string of the molecule is CC1Cc2ccc(C3CCN(C(=O)OC(C)(C)C)CC3)cc2CN1c1cc(N2CCN(C)CC2)nc(N)n1. The number of carbonyl (C=O) groups is 1. The van der Waals surface area contributed by atoms with Gasteiger partial charge in [-0.25, -0.2) is 4.79 Å². The Bertz CT molecular complexity index is 1150. The summed E-state index contributed by atoms with van der Waals surface area (Å²) < 4.78 is 5.57. The first-order valence-electron chi connectivity index (χ1n) is 14.0. The fourth-order valence-electron chi connectivity index (χ4n) is 5.83. The first-order valence-corrected chi connectivity index (χ1v) is 14.0. The molecule has 1 atom stereocenters. The second kappa shape index (κ2) is 10.6. The molecule has 9 heteroatoms. The minimum absolute atomic E-state index is 0.203. The molecule has 2 aromatic rings. The highest BCUT2D eigenvalue weighted by Crippen LogP contribution is 2.34. The van der Waals surface area contributed by atoms with Crippen molar-refractivity contribution in [1.29, 1.82) is 0 Å². The topological polar surface area (TPSA) is 91.1 Å². The Morgan fingerprint density at radius 2 is 1.66 bits per heavy atom. The van der Waals surface area contributed by atoms with Gasteiger partial charge in [0.25, 0.3) is 0 Å². The van der Waals surface area contributed by atoms with Gasteiger partial charge in [-0.3, -0.25) is 0 Å². The molecule has 2 N–H and O–H groups in total. The van der Waals surface area contributed by atoms with Crippen LogP contribution >= 0.6 is 0 Å². The van der Waals surface area contributed by atoms with Crippen molar-refractivity contribution in [2.24, 2.45) is 0 Å². The summed E-state index contributed by atoms with van der Waals surface area (Å²) in [6.07, 6.45) is 2.68. The second-order valence-corrected chi connectivity index (χ2v) is 12.2. The molecule has 9 nitrogen and oxygen atoms in total. The summed E-state index contributed by atoms with van der Waals surface area (Å²) in [6, 6.07) is 9.42. The number of fused-ring (bicyclic) bond motifs is 1. The molecule has 1 aromatic heterocycles. The van der Waals surface area contributed by atoms with E-state index in [1.165, 1.54) is 16.7 Å². The molecule has 2 saturated heterocycles. The maximum absolute atomic E-state index is 12.5. The van der Waals surface area contributed by atoms with E-state index >= 15 is 0 Å².